The molecule has 246 valence electrons. The molecule has 1 aliphatic rings. The van der Waals surface area contributed by atoms with Crippen molar-refractivity contribution in [3.63, 3.8) is 0 Å². The zero-order chi connectivity index (χ0) is 34.3. The number of allylic oxidation sites excluding steroid dienone is 11. The quantitative estimate of drug-likeness (QED) is 0.220. The van der Waals surface area contributed by atoms with Crippen LogP contribution in [0.5, 0.6) is 0 Å². The topological polar surface area (TPSA) is 142 Å². The molecule has 0 radical (unpaired) electrons. The second kappa shape index (κ2) is 18.2. The second-order valence-corrected chi connectivity index (χ2v) is 11.0. The van der Waals surface area contributed by atoms with Crippen molar-refractivity contribution >= 4 is 23.6 Å². The van der Waals surface area contributed by atoms with Crippen LogP contribution >= 0.6 is 0 Å². The molecule has 3 atom stereocenters. The molecule has 0 bridgehead atoms. The summed E-state index contributed by atoms with van der Waals surface area (Å²) in [7, 11) is 2.89. The number of oxazole rings is 1. The van der Waals surface area contributed by atoms with Crippen molar-refractivity contribution in [3.8, 4) is 0 Å². The van der Waals surface area contributed by atoms with Gasteiger partial charge in [-0.15, -0.1) is 0 Å². The van der Waals surface area contributed by atoms with Crippen LogP contribution in [0, 0.1) is 5.41 Å². The minimum atomic E-state index is -1.05. The highest BCUT2D eigenvalue weighted by atomic mass is 16.5. The van der Waals surface area contributed by atoms with Crippen LogP contribution in [0.2, 0.25) is 0 Å². The Morgan fingerprint density at radius 1 is 1.11 bits per heavy atom. The zero-order valence-corrected chi connectivity index (χ0v) is 27.3. The van der Waals surface area contributed by atoms with E-state index >= 15 is 0 Å². The maximum absolute atomic E-state index is 12.9. The Bertz CT molecular complexity index is 1440. The lowest BCUT2D eigenvalue weighted by Crippen LogP contribution is -2.61. The first-order valence-corrected chi connectivity index (χ1v) is 14.7. The maximum atomic E-state index is 12.9. The van der Waals surface area contributed by atoms with Gasteiger partial charge in [0.05, 0.1) is 23.8 Å². The average Bonchev–Trinajstić information content (AvgIpc) is 3.55. The molecule has 2 heterocycles. The molecule has 2 rings (SSSR count). The van der Waals surface area contributed by atoms with Gasteiger partial charge in [0.2, 0.25) is 5.91 Å². The van der Waals surface area contributed by atoms with E-state index in [1.807, 2.05) is 18.2 Å². The van der Waals surface area contributed by atoms with Crippen molar-refractivity contribution in [2.75, 3.05) is 20.7 Å². The molecule has 1 aromatic rings. The molecule has 1 fully saturated rings. The molecule has 2 N–H and O–H groups in total. The van der Waals surface area contributed by atoms with E-state index in [1.165, 1.54) is 37.6 Å². The van der Waals surface area contributed by atoms with Crippen LogP contribution in [0.15, 0.2) is 114 Å². The fourth-order valence-corrected chi connectivity index (χ4v) is 4.40. The summed E-state index contributed by atoms with van der Waals surface area (Å²) in [4.78, 5) is 56.7. The first-order chi connectivity index (χ1) is 21.8. The maximum Gasteiger partial charge on any atom is 0.270 e. The molecule has 0 aromatic carbocycles. The molecular weight excluding hydrogens is 588 g/mol. The number of carbonyl (C=O) groups is 4. The summed E-state index contributed by atoms with van der Waals surface area (Å²) < 4.78 is 10.4. The van der Waals surface area contributed by atoms with Gasteiger partial charge in [0, 0.05) is 33.2 Å². The van der Waals surface area contributed by atoms with Crippen molar-refractivity contribution in [3.05, 3.63) is 115 Å². The Balaban J connectivity index is 1.80. The molecule has 11 nitrogen and oxygen atoms in total. The van der Waals surface area contributed by atoms with E-state index in [0.29, 0.717) is 12.0 Å². The number of piperazine rings is 1. The van der Waals surface area contributed by atoms with Gasteiger partial charge in [-0.25, -0.2) is 9.88 Å². The van der Waals surface area contributed by atoms with Gasteiger partial charge in [-0.3, -0.25) is 19.2 Å². The number of rotatable bonds is 15. The SMILES string of the molecule is C=C1C(=O)N(C)C(C(C)OC)C(=O)N1C(=O)C=CC=CC=CC=CCNC(=O)C(C)(C)C(O)C(C)=CC=CC=CCc1cnco1. The molecule has 0 saturated carbocycles. The number of methoxy groups -OCH3 is 1. The Hall–Kier alpha value is -4.87. The molecule has 11 heteroatoms. The third-order valence-corrected chi connectivity index (χ3v) is 7.30. The minimum Gasteiger partial charge on any atom is -0.448 e. The number of aliphatic hydroxyl groups excluding tert-OH is 1. The smallest absolute Gasteiger partial charge is 0.270 e. The first kappa shape index (κ1) is 37.3. The fourth-order valence-electron chi connectivity index (χ4n) is 4.40. The number of nitrogens with one attached hydrogen (secondary N) is 1. The minimum absolute atomic E-state index is 0.218. The van der Waals surface area contributed by atoms with Gasteiger partial charge in [0.1, 0.15) is 17.5 Å². The molecule has 3 unspecified atom stereocenters. The Morgan fingerprint density at radius 3 is 2.39 bits per heavy atom. The summed E-state index contributed by atoms with van der Waals surface area (Å²) in [6.07, 6.45) is 24.1. The summed E-state index contributed by atoms with van der Waals surface area (Å²) in [5.74, 6) is -1.33. The number of aromatic nitrogens is 1. The number of nitrogens with zero attached hydrogens (tertiary/aromatic N) is 3. The van der Waals surface area contributed by atoms with Crippen LogP contribution < -0.4 is 5.32 Å². The number of carbonyl (C=O) groups excluding carboxylic acids is 4. The van der Waals surface area contributed by atoms with Gasteiger partial charge in [0.25, 0.3) is 17.7 Å². The van der Waals surface area contributed by atoms with Crippen LogP contribution in [0.1, 0.15) is 33.5 Å². The monoisotopic (exact) mass is 632 g/mol. The standard InChI is InChI=1S/C35H44N4O7/c1-25(19-15-12-13-16-20-28-23-36-24-46-28)31(41)35(4,5)34(44)37-22-18-14-10-8-9-11-17-21-29(40)39-26(2)32(42)38(6)30(33(39)43)27(3)45-7/h8-19,21,23-24,27,30-31,41H,2,20,22H2,1,3-7H3,(H,37,44). The van der Waals surface area contributed by atoms with Gasteiger partial charge in [-0.2, -0.15) is 0 Å². The highest BCUT2D eigenvalue weighted by molar-refractivity contribution is 6.14. The van der Waals surface area contributed by atoms with E-state index < -0.39 is 41.4 Å². The Morgan fingerprint density at radius 2 is 1.74 bits per heavy atom. The van der Waals surface area contributed by atoms with E-state index in [-0.39, 0.29) is 18.1 Å². The van der Waals surface area contributed by atoms with Crippen molar-refractivity contribution in [2.24, 2.45) is 5.41 Å². The number of amides is 4. The summed E-state index contributed by atoms with van der Waals surface area (Å²) >= 11 is 0. The Labute approximate surface area is 270 Å². The molecule has 1 aliphatic heterocycles. The average molecular weight is 633 g/mol. The number of aliphatic hydroxyl groups is 1. The van der Waals surface area contributed by atoms with Crippen LogP contribution in [0.25, 0.3) is 0 Å². The number of hydrogen-bond acceptors (Lipinski definition) is 8. The van der Waals surface area contributed by atoms with Crippen molar-refractivity contribution in [1.82, 2.24) is 20.1 Å². The highest BCUT2D eigenvalue weighted by Crippen LogP contribution is 2.26. The predicted molar refractivity (Wildman–Crippen MR) is 176 cm³/mol. The lowest BCUT2D eigenvalue weighted by molar-refractivity contribution is -0.158. The van der Waals surface area contributed by atoms with E-state index in [9.17, 15) is 24.3 Å². The third kappa shape index (κ3) is 10.4. The summed E-state index contributed by atoms with van der Waals surface area (Å²) in [5.41, 5.74) is -0.618. The van der Waals surface area contributed by atoms with Crippen LogP contribution in [-0.2, 0) is 30.3 Å². The molecule has 0 spiro atoms. The highest BCUT2D eigenvalue weighted by Gasteiger charge is 2.45. The van der Waals surface area contributed by atoms with Crippen molar-refractivity contribution in [2.45, 2.75) is 52.4 Å². The largest absolute Gasteiger partial charge is 0.448 e. The second-order valence-electron chi connectivity index (χ2n) is 11.0. The van der Waals surface area contributed by atoms with Gasteiger partial charge >= 0.3 is 0 Å². The molecule has 46 heavy (non-hydrogen) atoms. The van der Waals surface area contributed by atoms with Crippen molar-refractivity contribution < 1.29 is 33.4 Å². The summed E-state index contributed by atoms with van der Waals surface area (Å²) in [6.45, 7) is 10.7. The lowest BCUT2D eigenvalue weighted by atomic mass is 9.81. The first-order valence-electron chi connectivity index (χ1n) is 14.7. The third-order valence-electron chi connectivity index (χ3n) is 7.30. The normalized spacial score (nSPS) is 18.5. The fraction of sp³-hybridized carbons (Fsp3) is 0.343. The van der Waals surface area contributed by atoms with E-state index in [0.717, 1.165) is 10.7 Å². The number of ether oxygens (including phenoxy) is 1. The zero-order valence-electron chi connectivity index (χ0n) is 27.3. The predicted octanol–water partition coefficient (Wildman–Crippen LogP) is 3.75. The number of likely N-dealkylation sites (N-methyl/N-ethyl adjacent to an activating group) is 1. The van der Waals surface area contributed by atoms with Crippen LogP contribution in [-0.4, -0.2) is 82.5 Å². The van der Waals surface area contributed by atoms with Crippen LogP contribution in [0.3, 0.4) is 0 Å². The van der Waals surface area contributed by atoms with Crippen molar-refractivity contribution in [1.29, 1.82) is 0 Å². The molecule has 4 amide bonds. The Kier molecular flexibility index (Phi) is 14.8. The van der Waals surface area contributed by atoms with Gasteiger partial charge < -0.3 is 24.5 Å². The van der Waals surface area contributed by atoms with Crippen LogP contribution in [0.4, 0.5) is 0 Å². The number of imide groups is 1. The lowest BCUT2D eigenvalue weighted by Gasteiger charge is -2.39. The number of hydrogen-bond donors (Lipinski definition) is 2. The molecule has 1 saturated heterocycles. The van der Waals surface area contributed by atoms with Gasteiger partial charge in [-0.05, 0) is 33.3 Å². The molecule has 1 aromatic heterocycles. The summed E-state index contributed by atoms with van der Waals surface area (Å²) in [5, 5.41) is 13.6. The molecule has 0 aliphatic carbocycles. The van der Waals surface area contributed by atoms with Gasteiger partial charge in [-0.1, -0.05) is 79.5 Å². The van der Waals surface area contributed by atoms with E-state index in [4.69, 9.17) is 9.15 Å². The summed E-state index contributed by atoms with van der Waals surface area (Å²) in [6, 6.07) is -0.939. The van der Waals surface area contributed by atoms with E-state index in [2.05, 4.69) is 16.9 Å². The van der Waals surface area contributed by atoms with E-state index in [1.54, 1.807) is 82.5 Å². The van der Waals surface area contributed by atoms with Gasteiger partial charge in [0.15, 0.2) is 6.39 Å². The molecular formula is C35H44N4O7.